The molecule has 14 heavy (non-hydrogen) atoms. The molecule has 0 bridgehead atoms. The van der Waals surface area contributed by atoms with Gasteiger partial charge in [0.15, 0.2) is 0 Å². The van der Waals surface area contributed by atoms with Gasteiger partial charge in [-0.15, -0.1) is 0 Å². The Labute approximate surface area is 83.9 Å². The molecule has 4 heteroatoms. The van der Waals surface area contributed by atoms with Gasteiger partial charge in [0.05, 0.1) is 5.84 Å². The van der Waals surface area contributed by atoms with E-state index in [9.17, 15) is 0 Å². The first-order valence-corrected chi connectivity index (χ1v) is 4.14. The maximum absolute atomic E-state index is 8.65. The first-order chi connectivity index (χ1) is 6.43. The zero-order valence-electron chi connectivity index (χ0n) is 8.65. The van der Waals surface area contributed by atoms with Gasteiger partial charge in [0, 0.05) is 20.2 Å². The lowest BCUT2D eigenvalue weighted by Crippen LogP contribution is -2.16. The Kier molecular flexibility index (Phi) is 5.14. The molecule has 1 rings (SSSR count). The second-order valence-corrected chi connectivity index (χ2v) is 3.00. The maximum Gasteiger partial charge on any atom is 0.119 e. The second kappa shape index (κ2) is 5.85. The zero-order valence-corrected chi connectivity index (χ0v) is 8.65. The van der Waals surface area contributed by atoms with Crippen molar-refractivity contribution >= 4 is 5.84 Å². The Bertz CT molecular complexity index is 281. The van der Waals surface area contributed by atoms with Gasteiger partial charge in [-0.05, 0) is 19.1 Å². The van der Waals surface area contributed by atoms with Gasteiger partial charge < -0.3 is 15.1 Å². The molecule has 0 amide bonds. The lowest BCUT2D eigenvalue weighted by molar-refractivity contribution is 0.450. The lowest BCUT2D eigenvalue weighted by atomic mass is 10.3. The summed E-state index contributed by atoms with van der Waals surface area (Å²) >= 11 is 0. The summed E-state index contributed by atoms with van der Waals surface area (Å²) < 4.78 is 0. The molecule has 0 aliphatic heterocycles. The zero-order chi connectivity index (χ0) is 11.1. The van der Waals surface area contributed by atoms with Gasteiger partial charge in [-0.3, -0.25) is 5.41 Å². The molecule has 1 aromatic rings. The molecule has 78 valence electrons. The minimum Gasteiger partial charge on any atom is -0.508 e. The average molecular weight is 196 g/mol. The topological polar surface area (TPSA) is 67.6 Å². The van der Waals surface area contributed by atoms with Crippen LogP contribution in [0.1, 0.15) is 6.92 Å². The summed E-state index contributed by atoms with van der Waals surface area (Å²) in [5, 5.41) is 24.2. The van der Waals surface area contributed by atoms with E-state index in [0.29, 0.717) is 5.84 Å². The minimum absolute atomic E-state index is 0.0880. The van der Waals surface area contributed by atoms with E-state index in [-0.39, 0.29) is 11.5 Å². The van der Waals surface area contributed by atoms with E-state index in [0.717, 1.165) is 0 Å². The Morgan fingerprint density at radius 3 is 1.71 bits per heavy atom. The van der Waals surface area contributed by atoms with E-state index >= 15 is 0 Å². The van der Waals surface area contributed by atoms with Crippen LogP contribution in [-0.4, -0.2) is 35.0 Å². The van der Waals surface area contributed by atoms with E-state index < -0.39 is 0 Å². The Morgan fingerprint density at radius 2 is 1.57 bits per heavy atom. The fourth-order valence-corrected chi connectivity index (χ4v) is 0.493. The van der Waals surface area contributed by atoms with E-state index in [2.05, 4.69) is 0 Å². The number of amidine groups is 1. The molecular weight excluding hydrogens is 180 g/mol. The third-order valence-corrected chi connectivity index (χ3v) is 1.50. The smallest absolute Gasteiger partial charge is 0.119 e. The summed E-state index contributed by atoms with van der Waals surface area (Å²) in [5.41, 5.74) is 0. The van der Waals surface area contributed by atoms with Crippen molar-refractivity contribution in [1.29, 1.82) is 5.41 Å². The molecule has 0 spiro atoms. The highest BCUT2D eigenvalue weighted by Gasteiger charge is 1.85. The second-order valence-electron chi connectivity index (χ2n) is 3.00. The first kappa shape index (κ1) is 12.3. The van der Waals surface area contributed by atoms with Crippen molar-refractivity contribution in [3.63, 3.8) is 0 Å². The number of hydrogen-bond acceptors (Lipinski definition) is 3. The van der Waals surface area contributed by atoms with Gasteiger partial charge in [-0.1, -0.05) is 6.07 Å². The molecule has 0 radical (unpaired) electrons. The highest BCUT2D eigenvalue weighted by molar-refractivity contribution is 5.75. The fraction of sp³-hybridized carbons (Fsp3) is 0.300. The van der Waals surface area contributed by atoms with Crippen molar-refractivity contribution in [3.8, 4) is 11.5 Å². The summed E-state index contributed by atoms with van der Waals surface area (Å²) in [6, 6.07) is 5.85. The summed E-state index contributed by atoms with van der Waals surface area (Å²) in [5.74, 6) is 0.769. The van der Waals surface area contributed by atoms with Crippen molar-refractivity contribution in [2.75, 3.05) is 14.1 Å². The summed E-state index contributed by atoms with van der Waals surface area (Å²) in [4.78, 5) is 1.75. The number of phenolic OH excluding ortho intramolecular Hbond substituents is 2. The van der Waals surface area contributed by atoms with Crippen molar-refractivity contribution in [2.45, 2.75) is 6.92 Å². The van der Waals surface area contributed by atoms with E-state index in [1.807, 2.05) is 14.1 Å². The number of benzene rings is 1. The Balaban J connectivity index is 0.000000255. The standard InChI is InChI=1S/C6H6O2.C4H10N2/c7-5-2-1-3-6(8)4-5;1-4(5)6(2)3/h1-4,7-8H;5H,1-3H3. The minimum atomic E-state index is 0.0880. The fourth-order valence-electron chi connectivity index (χ4n) is 0.493. The molecule has 0 heterocycles. The highest BCUT2D eigenvalue weighted by Crippen LogP contribution is 2.14. The first-order valence-electron chi connectivity index (χ1n) is 4.14. The van der Waals surface area contributed by atoms with Crippen LogP contribution in [-0.2, 0) is 0 Å². The van der Waals surface area contributed by atoms with E-state index in [4.69, 9.17) is 15.6 Å². The largest absolute Gasteiger partial charge is 0.508 e. The Morgan fingerprint density at radius 1 is 1.21 bits per heavy atom. The third kappa shape index (κ3) is 5.88. The number of hydrogen-bond donors (Lipinski definition) is 3. The normalized spacial score (nSPS) is 8.50. The number of phenols is 2. The van der Waals surface area contributed by atoms with Crippen molar-refractivity contribution in [2.24, 2.45) is 0 Å². The molecule has 0 fully saturated rings. The van der Waals surface area contributed by atoms with Crippen LogP contribution < -0.4 is 0 Å². The molecule has 4 nitrogen and oxygen atoms in total. The summed E-state index contributed by atoms with van der Waals surface area (Å²) in [6.07, 6.45) is 0. The molecule has 0 saturated carbocycles. The predicted octanol–water partition coefficient (Wildman–Crippen LogP) is 1.64. The van der Waals surface area contributed by atoms with Gasteiger partial charge in [0.2, 0.25) is 0 Å². The molecular formula is C10H16N2O2. The van der Waals surface area contributed by atoms with Gasteiger partial charge in [-0.2, -0.15) is 0 Å². The highest BCUT2D eigenvalue weighted by atomic mass is 16.3. The van der Waals surface area contributed by atoms with E-state index in [1.165, 1.54) is 18.2 Å². The maximum atomic E-state index is 8.65. The van der Waals surface area contributed by atoms with Crippen molar-refractivity contribution in [3.05, 3.63) is 24.3 Å². The van der Waals surface area contributed by atoms with E-state index in [1.54, 1.807) is 17.9 Å². The number of aromatic hydroxyl groups is 2. The SMILES string of the molecule is CC(=N)N(C)C.Oc1cccc(O)c1. The molecule has 0 aromatic heterocycles. The molecule has 0 unspecified atom stereocenters. The molecule has 0 saturated heterocycles. The van der Waals surface area contributed by atoms with Crippen LogP contribution in [0.4, 0.5) is 0 Å². The van der Waals surface area contributed by atoms with Crippen molar-refractivity contribution < 1.29 is 10.2 Å². The molecule has 1 aromatic carbocycles. The van der Waals surface area contributed by atoms with Crippen LogP contribution in [0.3, 0.4) is 0 Å². The van der Waals surface area contributed by atoms with Gasteiger partial charge in [0.25, 0.3) is 0 Å². The molecule has 0 aliphatic rings. The molecule has 0 aliphatic carbocycles. The Hall–Kier alpha value is -1.71. The summed E-state index contributed by atoms with van der Waals surface area (Å²) in [6.45, 7) is 1.75. The summed E-state index contributed by atoms with van der Waals surface area (Å²) in [7, 11) is 3.70. The van der Waals surface area contributed by atoms with Gasteiger partial charge in [-0.25, -0.2) is 0 Å². The number of nitrogens with one attached hydrogen (secondary N) is 1. The number of rotatable bonds is 0. The average Bonchev–Trinajstić information content (AvgIpc) is 2.04. The van der Waals surface area contributed by atoms with Gasteiger partial charge in [0.1, 0.15) is 11.5 Å². The number of nitrogens with zero attached hydrogens (tertiary/aromatic N) is 1. The van der Waals surface area contributed by atoms with Crippen molar-refractivity contribution in [1.82, 2.24) is 4.90 Å². The van der Waals surface area contributed by atoms with Gasteiger partial charge >= 0.3 is 0 Å². The van der Waals surface area contributed by atoms with Crippen LogP contribution >= 0.6 is 0 Å². The quantitative estimate of drug-likeness (QED) is 0.436. The third-order valence-electron chi connectivity index (χ3n) is 1.50. The van der Waals surface area contributed by atoms with Crippen LogP contribution in [0.5, 0.6) is 11.5 Å². The lowest BCUT2D eigenvalue weighted by Gasteiger charge is -2.06. The van der Waals surface area contributed by atoms with Crippen LogP contribution in [0, 0.1) is 5.41 Å². The molecule has 0 atom stereocenters. The van der Waals surface area contributed by atoms with Crippen LogP contribution in [0.2, 0.25) is 0 Å². The van der Waals surface area contributed by atoms with Crippen LogP contribution in [0.15, 0.2) is 24.3 Å². The molecule has 3 N–H and O–H groups in total. The van der Waals surface area contributed by atoms with Crippen LogP contribution in [0.25, 0.3) is 0 Å². The monoisotopic (exact) mass is 196 g/mol. The predicted molar refractivity (Wildman–Crippen MR) is 56.9 cm³/mol.